The van der Waals surface area contributed by atoms with E-state index in [4.69, 9.17) is 14.2 Å². The fourth-order valence-corrected chi connectivity index (χ4v) is 6.33. The molecule has 4 aliphatic rings. The van der Waals surface area contributed by atoms with E-state index in [0.717, 1.165) is 37.0 Å². The normalized spacial score (nSPS) is 29.1. The second-order valence-corrected chi connectivity index (χ2v) is 10.1. The highest BCUT2D eigenvalue weighted by molar-refractivity contribution is 5.91. The Bertz CT molecular complexity index is 933. The number of halogens is 1. The molecule has 4 nitrogen and oxygen atoms in total. The molecular formula is C26H29FO4. The van der Waals surface area contributed by atoms with Gasteiger partial charge in [-0.15, -0.1) is 0 Å². The molecule has 0 aromatic heterocycles. The number of carbonyl (C=O) groups excluding carboxylic acids is 1. The Morgan fingerprint density at radius 3 is 2.19 bits per heavy atom. The van der Waals surface area contributed by atoms with Crippen LogP contribution in [0.25, 0.3) is 0 Å². The van der Waals surface area contributed by atoms with E-state index in [1.807, 2.05) is 19.9 Å². The molecule has 0 atom stereocenters. The van der Waals surface area contributed by atoms with Gasteiger partial charge in [0.05, 0.1) is 11.2 Å². The maximum Gasteiger partial charge on any atom is 0.343 e. The van der Waals surface area contributed by atoms with Gasteiger partial charge < -0.3 is 14.2 Å². The molecule has 0 spiro atoms. The van der Waals surface area contributed by atoms with Crippen molar-refractivity contribution in [3.63, 3.8) is 0 Å². The number of esters is 1. The van der Waals surface area contributed by atoms with Gasteiger partial charge in [-0.2, -0.15) is 0 Å². The van der Waals surface area contributed by atoms with Crippen LogP contribution < -0.4 is 9.47 Å². The fourth-order valence-electron chi connectivity index (χ4n) is 6.33. The molecule has 4 fully saturated rings. The topological polar surface area (TPSA) is 44.8 Å². The van der Waals surface area contributed by atoms with E-state index in [2.05, 4.69) is 0 Å². The Labute approximate surface area is 182 Å². The number of hydrogen-bond acceptors (Lipinski definition) is 4. The predicted molar refractivity (Wildman–Crippen MR) is 114 cm³/mol. The lowest BCUT2D eigenvalue weighted by molar-refractivity contribution is -0.273. The lowest BCUT2D eigenvalue weighted by atomic mass is 9.54. The van der Waals surface area contributed by atoms with E-state index >= 15 is 0 Å². The van der Waals surface area contributed by atoms with Crippen LogP contribution in [0.1, 0.15) is 62.7 Å². The number of ether oxygens (including phenoxy) is 3. The number of rotatable bonds is 6. The van der Waals surface area contributed by atoms with Gasteiger partial charge in [-0.3, -0.25) is 0 Å². The van der Waals surface area contributed by atoms with Crippen LogP contribution in [0, 0.1) is 23.6 Å². The number of hydrogen-bond donors (Lipinski definition) is 0. The van der Waals surface area contributed by atoms with Crippen molar-refractivity contribution < 1.29 is 23.4 Å². The first-order chi connectivity index (χ1) is 14.8. The van der Waals surface area contributed by atoms with Gasteiger partial charge >= 0.3 is 5.97 Å². The van der Waals surface area contributed by atoms with Crippen LogP contribution in [-0.2, 0) is 4.74 Å². The van der Waals surface area contributed by atoms with Crippen molar-refractivity contribution in [2.45, 2.75) is 63.8 Å². The SMILES string of the molecule is CC(C)(Oc1cc(C(=O)Oc2ccccc2)ccc1F)OC12CC3CC(CC(C3)C1)C2. The zero-order valence-corrected chi connectivity index (χ0v) is 18.1. The standard InChI is InChI=1S/C26H29FO4/c1-25(2,31-26-14-17-10-18(15-26)12-19(11-17)16-26)30-23-13-20(8-9-22(23)27)24(28)29-21-6-4-3-5-7-21/h3-9,13,17-19H,10-12,14-16H2,1-2H3. The van der Waals surface area contributed by atoms with Gasteiger partial charge in [-0.1, -0.05) is 18.2 Å². The summed E-state index contributed by atoms with van der Waals surface area (Å²) >= 11 is 0. The van der Waals surface area contributed by atoms with Crippen molar-refractivity contribution in [2.75, 3.05) is 0 Å². The zero-order valence-electron chi connectivity index (χ0n) is 18.1. The third kappa shape index (κ3) is 4.33. The summed E-state index contributed by atoms with van der Waals surface area (Å²) < 4.78 is 32.5. The van der Waals surface area contributed by atoms with Gasteiger partial charge in [0.15, 0.2) is 11.6 Å². The molecule has 2 aromatic rings. The molecule has 4 saturated carbocycles. The Morgan fingerprint density at radius 1 is 0.968 bits per heavy atom. The van der Waals surface area contributed by atoms with Crippen molar-refractivity contribution in [1.29, 1.82) is 0 Å². The second-order valence-electron chi connectivity index (χ2n) is 10.1. The molecular weight excluding hydrogens is 395 g/mol. The van der Waals surface area contributed by atoms with Crippen LogP contribution in [0.2, 0.25) is 0 Å². The number of benzene rings is 2. The van der Waals surface area contributed by atoms with Gasteiger partial charge in [0.1, 0.15) is 5.75 Å². The summed E-state index contributed by atoms with van der Waals surface area (Å²) in [5.74, 6) is 0.574. The van der Waals surface area contributed by atoms with Gasteiger partial charge in [0, 0.05) is 13.8 Å². The summed E-state index contributed by atoms with van der Waals surface area (Å²) in [7, 11) is 0. The molecule has 0 amide bonds. The van der Waals surface area contributed by atoms with Gasteiger partial charge in [0.2, 0.25) is 5.79 Å². The molecule has 0 N–H and O–H groups in total. The molecule has 0 unspecified atom stereocenters. The third-order valence-corrected chi connectivity index (χ3v) is 6.92. The number of carbonyl (C=O) groups is 1. The first-order valence-corrected chi connectivity index (χ1v) is 11.3. The summed E-state index contributed by atoms with van der Waals surface area (Å²) in [5, 5.41) is 0. The average molecular weight is 425 g/mol. The van der Waals surface area contributed by atoms with Crippen LogP contribution >= 0.6 is 0 Å². The summed E-state index contributed by atoms with van der Waals surface area (Å²) in [4.78, 5) is 12.5. The van der Waals surface area contributed by atoms with E-state index in [1.54, 1.807) is 24.3 Å². The molecule has 4 aliphatic carbocycles. The molecule has 0 heterocycles. The first-order valence-electron chi connectivity index (χ1n) is 11.3. The largest absolute Gasteiger partial charge is 0.460 e. The molecule has 0 saturated heterocycles. The lowest BCUT2D eigenvalue weighted by Crippen LogP contribution is -2.55. The minimum Gasteiger partial charge on any atom is -0.460 e. The minimum atomic E-state index is -1.01. The number of para-hydroxylation sites is 1. The zero-order chi connectivity index (χ0) is 21.6. The Balaban J connectivity index is 1.31. The summed E-state index contributed by atoms with van der Waals surface area (Å²) in [6.07, 6.45) is 7.17. The van der Waals surface area contributed by atoms with Crippen LogP contribution in [0.3, 0.4) is 0 Å². The first kappa shape index (κ1) is 20.5. The predicted octanol–water partition coefficient (Wildman–Crippen LogP) is 6.15. The third-order valence-electron chi connectivity index (χ3n) is 6.92. The van der Waals surface area contributed by atoms with Crippen LogP contribution in [-0.4, -0.2) is 17.4 Å². The smallest absolute Gasteiger partial charge is 0.343 e. The molecule has 164 valence electrons. The molecule has 5 heteroatoms. The second kappa shape index (κ2) is 7.63. The Kier molecular flexibility index (Phi) is 5.04. The Morgan fingerprint density at radius 2 is 1.58 bits per heavy atom. The van der Waals surface area contributed by atoms with E-state index in [1.165, 1.54) is 37.5 Å². The highest BCUT2D eigenvalue weighted by Gasteiger charge is 2.53. The molecule has 0 radical (unpaired) electrons. The molecule has 6 rings (SSSR count). The maximum absolute atomic E-state index is 14.6. The van der Waals surface area contributed by atoms with Crippen LogP contribution in [0.15, 0.2) is 48.5 Å². The van der Waals surface area contributed by atoms with Crippen LogP contribution in [0.4, 0.5) is 4.39 Å². The van der Waals surface area contributed by atoms with E-state index in [0.29, 0.717) is 5.75 Å². The summed E-state index contributed by atoms with van der Waals surface area (Å²) in [5.41, 5.74) is 0.0596. The molecule has 2 aromatic carbocycles. The van der Waals surface area contributed by atoms with Gasteiger partial charge in [-0.25, -0.2) is 9.18 Å². The Hall–Kier alpha value is -2.40. The van der Waals surface area contributed by atoms with E-state index in [-0.39, 0.29) is 16.9 Å². The molecule has 0 aliphatic heterocycles. The monoisotopic (exact) mass is 424 g/mol. The van der Waals surface area contributed by atoms with E-state index in [9.17, 15) is 9.18 Å². The molecule has 31 heavy (non-hydrogen) atoms. The lowest BCUT2D eigenvalue weighted by Gasteiger charge is -2.57. The van der Waals surface area contributed by atoms with Crippen molar-refractivity contribution in [1.82, 2.24) is 0 Å². The fraction of sp³-hybridized carbons (Fsp3) is 0.500. The summed E-state index contributed by atoms with van der Waals surface area (Å²) in [6, 6.07) is 12.8. The molecule has 4 bridgehead atoms. The van der Waals surface area contributed by atoms with Gasteiger partial charge in [0.25, 0.3) is 0 Å². The van der Waals surface area contributed by atoms with Crippen molar-refractivity contribution in [2.24, 2.45) is 17.8 Å². The quantitative estimate of drug-likeness (QED) is 0.317. The summed E-state index contributed by atoms with van der Waals surface area (Å²) in [6.45, 7) is 3.67. The van der Waals surface area contributed by atoms with Crippen LogP contribution in [0.5, 0.6) is 11.5 Å². The van der Waals surface area contributed by atoms with E-state index < -0.39 is 17.6 Å². The van der Waals surface area contributed by atoms with Crippen molar-refractivity contribution in [3.05, 3.63) is 59.9 Å². The average Bonchev–Trinajstić information content (AvgIpc) is 2.68. The van der Waals surface area contributed by atoms with Crippen molar-refractivity contribution >= 4 is 5.97 Å². The van der Waals surface area contributed by atoms with Crippen molar-refractivity contribution in [3.8, 4) is 11.5 Å². The van der Waals surface area contributed by atoms with Gasteiger partial charge in [-0.05, 0) is 86.6 Å². The highest BCUT2D eigenvalue weighted by atomic mass is 19.1. The minimum absolute atomic E-state index is 0.00256. The highest BCUT2D eigenvalue weighted by Crippen LogP contribution is 2.58. The maximum atomic E-state index is 14.6.